The van der Waals surface area contributed by atoms with Crippen LogP contribution in [-0.4, -0.2) is 32.6 Å². The Kier molecular flexibility index (Phi) is 2.80. The summed E-state index contributed by atoms with van der Waals surface area (Å²) in [5, 5.41) is 0. The second-order valence-corrected chi connectivity index (χ2v) is 3.91. The van der Waals surface area contributed by atoms with Crippen molar-refractivity contribution >= 4 is 5.97 Å². The number of fused-ring (bicyclic) bond motifs is 1. The summed E-state index contributed by atoms with van der Waals surface area (Å²) >= 11 is 0. The van der Waals surface area contributed by atoms with Crippen LogP contribution in [-0.2, 0) is 19.0 Å². The SMILES string of the molecule is COC(=O)C1=CC[C@@]2(OC)OCCC[C@@H]12. The Balaban J connectivity index is 2.21. The minimum atomic E-state index is -0.609. The van der Waals surface area contributed by atoms with Gasteiger partial charge in [-0.05, 0) is 12.8 Å². The third kappa shape index (κ3) is 1.58. The molecule has 0 aromatic heterocycles. The van der Waals surface area contributed by atoms with Crippen LogP contribution < -0.4 is 0 Å². The van der Waals surface area contributed by atoms with Gasteiger partial charge in [-0.25, -0.2) is 4.79 Å². The van der Waals surface area contributed by atoms with Crippen LogP contribution in [0.4, 0.5) is 0 Å². The van der Waals surface area contributed by atoms with Crippen LogP contribution in [0.25, 0.3) is 0 Å². The zero-order valence-corrected chi connectivity index (χ0v) is 9.12. The van der Waals surface area contributed by atoms with Gasteiger partial charge in [0, 0.05) is 25.0 Å². The molecule has 2 aliphatic rings. The van der Waals surface area contributed by atoms with Crippen LogP contribution >= 0.6 is 0 Å². The molecule has 0 spiro atoms. The van der Waals surface area contributed by atoms with E-state index in [0.29, 0.717) is 18.6 Å². The van der Waals surface area contributed by atoms with Gasteiger partial charge >= 0.3 is 5.97 Å². The van der Waals surface area contributed by atoms with Crippen LogP contribution in [0.15, 0.2) is 11.6 Å². The van der Waals surface area contributed by atoms with Crippen molar-refractivity contribution in [1.82, 2.24) is 0 Å². The third-order valence-corrected chi connectivity index (χ3v) is 3.26. The Morgan fingerprint density at radius 2 is 2.40 bits per heavy atom. The third-order valence-electron chi connectivity index (χ3n) is 3.26. The summed E-state index contributed by atoms with van der Waals surface area (Å²) in [4.78, 5) is 11.5. The number of rotatable bonds is 2. The fraction of sp³-hybridized carbons (Fsp3) is 0.727. The highest BCUT2D eigenvalue weighted by Gasteiger charge is 2.49. The molecule has 2 atom stereocenters. The minimum Gasteiger partial charge on any atom is -0.466 e. The lowest BCUT2D eigenvalue weighted by molar-refractivity contribution is -0.257. The van der Waals surface area contributed by atoms with Crippen molar-refractivity contribution in [2.24, 2.45) is 5.92 Å². The molecule has 1 aliphatic heterocycles. The number of carbonyl (C=O) groups excluding carboxylic acids is 1. The van der Waals surface area contributed by atoms with E-state index in [1.807, 2.05) is 6.08 Å². The van der Waals surface area contributed by atoms with E-state index in [-0.39, 0.29) is 11.9 Å². The van der Waals surface area contributed by atoms with Crippen LogP contribution in [0.5, 0.6) is 0 Å². The maximum Gasteiger partial charge on any atom is 0.333 e. The van der Waals surface area contributed by atoms with Gasteiger partial charge in [0.25, 0.3) is 0 Å². The number of ether oxygens (including phenoxy) is 3. The summed E-state index contributed by atoms with van der Waals surface area (Å²) in [6, 6.07) is 0. The first-order valence-corrected chi connectivity index (χ1v) is 5.21. The van der Waals surface area contributed by atoms with E-state index < -0.39 is 5.79 Å². The first-order chi connectivity index (χ1) is 7.23. The van der Waals surface area contributed by atoms with Crippen molar-refractivity contribution in [3.8, 4) is 0 Å². The molecule has 0 N–H and O–H groups in total. The smallest absolute Gasteiger partial charge is 0.333 e. The van der Waals surface area contributed by atoms with Crippen molar-refractivity contribution in [3.05, 3.63) is 11.6 Å². The van der Waals surface area contributed by atoms with E-state index in [9.17, 15) is 4.79 Å². The number of esters is 1. The van der Waals surface area contributed by atoms with Crippen LogP contribution in [0.1, 0.15) is 19.3 Å². The van der Waals surface area contributed by atoms with Crippen molar-refractivity contribution in [2.75, 3.05) is 20.8 Å². The predicted octanol–water partition coefficient (Wildman–Crippen LogP) is 1.26. The molecule has 4 nitrogen and oxygen atoms in total. The first-order valence-electron chi connectivity index (χ1n) is 5.21. The summed E-state index contributed by atoms with van der Waals surface area (Å²) < 4.78 is 15.9. The Morgan fingerprint density at radius 3 is 3.07 bits per heavy atom. The highest BCUT2D eigenvalue weighted by atomic mass is 16.7. The van der Waals surface area contributed by atoms with Gasteiger partial charge < -0.3 is 14.2 Å². The van der Waals surface area contributed by atoms with Crippen LogP contribution in [0.3, 0.4) is 0 Å². The second kappa shape index (κ2) is 3.94. The van der Waals surface area contributed by atoms with E-state index in [0.717, 1.165) is 12.8 Å². The van der Waals surface area contributed by atoms with E-state index in [1.54, 1.807) is 7.11 Å². The van der Waals surface area contributed by atoms with Crippen molar-refractivity contribution in [2.45, 2.75) is 25.0 Å². The number of hydrogen-bond acceptors (Lipinski definition) is 4. The molecular weight excluding hydrogens is 196 g/mol. The van der Waals surface area contributed by atoms with E-state index in [4.69, 9.17) is 14.2 Å². The number of hydrogen-bond donors (Lipinski definition) is 0. The molecule has 0 bridgehead atoms. The zero-order valence-electron chi connectivity index (χ0n) is 9.12. The summed E-state index contributed by atoms with van der Waals surface area (Å²) in [7, 11) is 3.03. The molecule has 84 valence electrons. The molecule has 1 saturated heterocycles. The molecule has 1 aliphatic carbocycles. The molecule has 0 aromatic rings. The van der Waals surface area contributed by atoms with Gasteiger partial charge in [0.05, 0.1) is 13.7 Å². The number of methoxy groups -OCH3 is 2. The first kappa shape index (κ1) is 10.6. The molecule has 15 heavy (non-hydrogen) atoms. The maximum atomic E-state index is 11.5. The Morgan fingerprint density at radius 1 is 1.60 bits per heavy atom. The topological polar surface area (TPSA) is 44.8 Å². The summed E-state index contributed by atoms with van der Waals surface area (Å²) in [5.74, 6) is -0.838. The monoisotopic (exact) mass is 212 g/mol. The van der Waals surface area contributed by atoms with Crippen molar-refractivity contribution in [3.63, 3.8) is 0 Å². The molecule has 0 unspecified atom stereocenters. The molecular formula is C11H16O4. The van der Waals surface area contributed by atoms with Gasteiger partial charge in [-0.2, -0.15) is 0 Å². The van der Waals surface area contributed by atoms with E-state index in [1.165, 1.54) is 7.11 Å². The Labute approximate surface area is 89.2 Å². The lowest BCUT2D eigenvalue weighted by Crippen LogP contribution is -2.44. The van der Waals surface area contributed by atoms with E-state index >= 15 is 0 Å². The molecule has 2 rings (SSSR count). The van der Waals surface area contributed by atoms with Gasteiger partial charge in [-0.15, -0.1) is 0 Å². The highest BCUT2D eigenvalue weighted by molar-refractivity contribution is 5.89. The standard InChI is InChI=1S/C11H16O4/c1-13-10(12)8-5-6-11(14-2)9(8)4-3-7-15-11/h5,9H,3-4,6-7H2,1-2H3/t9-,11+/m0/s1. The predicted molar refractivity (Wildman–Crippen MR) is 53.1 cm³/mol. The Hall–Kier alpha value is -0.870. The average molecular weight is 212 g/mol. The van der Waals surface area contributed by atoms with E-state index in [2.05, 4.69) is 0 Å². The molecule has 4 heteroatoms. The lowest BCUT2D eigenvalue weighted by atomic mass is 9.89. The summed E-state index contributed by atoms with van der Waals surface area (Å²) in [6.07, 6.45) is 4.41. The molecule has 1 heterocycles. The van der Waals surface area contributed by atoms with Gasteiger partial charge in [-0.3, -0.25) is 0 Å². The fourth-order valence-corrected chi connectivity index (χ4v) is 2.47. The molecule has 0 aromatic carbocycles. The average Bonchev–Trinajstić information content (AvgIpc) is 2.68. The Bertz CT molecular complexity index is 297. The van der Waals surface area contributed by atoms with Gasteiger partial charge in [-0.1, -0.05) is 6.08 Å². The number of carbonyl (C=O) groups is 1. The quantitative estimate of drug-likeness (QED) is 0.646. The second-order valence-electron chi connectivity index (χ2n) is 3.91. The normalized spacial score (nSPS) is 34.5. The largest absolute Gasteiger partial charge is 0.466 e. The van der Waals surface area contributed by atoms with Gasteiger partial charge in [0.15, 0.2) is 5.79 Å². The zero-order chi connectivity index (χ0) is 10.9. The van der Waals surface area contributed by atoms with Crippen molar-refractivity contribution < 1.29 is 19.0 Å². The summed E-state index contributed by atoms with van der Waals surface area (Å²) in [5.41, 5.74) is 0.707. The van der Waals surface area contributed by atoms with Crippen LogP contribution in [0, 0.1) is 5.92 Å². The van der Waals surface area contributed by atoms with Gasteiger partial charge in [0.1, 0.15) is 0 Å². The molecule has 0 saturated carbocycles. The maximum absolute atomic E-state index is 11.5. The lowest BCUT2D eigenvalue weighted by Gasteiger charge is -2.38. The fourth-order valence-electron chi connectivity index (χ4n) is 2.47. The van der Waals surface area contributed by atoms with Crippen LogP contribution in [0.2, 0.25) is 0 Å². The molecule has 0 radical (unpaired) electrons. The highest BCUT2D eigenvalue weighted by Crippen LogP contribution is 2.44. The minimum absolute atomic E-state index is 0.0312. The van der Waals surface area contributed by atoms with Crippen molar-refractivity contribution in [1.29, 1.82) is 0 Å². The molecule has 1 fully saturated rings. The molecule has 0 amide bonds. The summed E-state index contributed by atoms with van der Waals surface area (Å²) in [6.45, 7) is 0.701. The van der Waals surface area contributed by atoms with Gasteiger partial charge in [0.2, 0.25) is 0 Å².